The van der Waals surface area contributed by atoms with Gasteiger partial charge in [-0.25, -0.2) is 0 Å². The van der Waals surface area contributed by atoms with Gasteiger partial charge in [-0.2, -0.15) is 0 Å². The minimum atomic E-state index is -0.102. The van der Waals surface area contributed by atoms with Gasteiger partial charge in [0.1, 0.15) is 0 Å². The molecule has 1 aromatic heterocycles. The van der Waals surface area contributed by atoms with Gasteiger partial charge in [-0.1, -0.05) is 38.1 Å². The fourth-order valence-corrected chi connectivity index (χ4v) is 4.21. The van der Waals surface area contributed by atoms with E-state index in [0.717, 1.165) is 12.0 Å². The Morgan fingerprint density at radius 3 is 2.65 bits per heavy atom. The Balaban J connectivity index is 1.49. The first-order valence-electron chi connectivity index (χ1n) is 8.45. The van der Waals surface area contributed by atoms with Crippen LogP contribution in [0.15, 0.2) is 48.8 Å². The number of aromatic nitrogens is 1. The normalized spacial score (nSPS) is 25.6. The van der Waals surface area contributed by atoms with Gasteiger partial charge in [0, 0.05) is 24.4 Å². The Morgan fingerprint density at radius 1 is 1.17 bits per heavy atom. The second kappa shape index (κ2) is 5.48. The number of benzene rings is 1. The lowest BCUT2D eigenvalue weighted by Gasteiger charge is -2.21. The average Bonchev–Trinajstić information content (AvgIpc) is 3.05. The van der Waals surface area contributed by atoms with Crippen molar-refractivity contribution >= 4 is 5.91 Å². The molecule has 1 heterocycles. The number of fused-ring (bicyclic) bond motifs is 3. The molecular weight excluding hydrogens is 284 g/mol. The molecule has 3 heteroatoms. The smallest absolute Gasteiger partial charge is 0.228 e. The summed E-state index contributed by atoms with van der Waals surface area (Å²) in [4.78, 5) is 16.9. The van der Waals surface area contributed by atoms with Crippen LogP contribution in [0.3, 0.4) is 0 Å². The lowest BCUT2D eigenvalue weighted by molar-refractivity contribution is -0.123. The highest BCUT2D eigenvalue weighted by Gasteiger charge is 2.56. The molecule has 4 unspecified atom stereocenters. The van der Waals surface area contributed by atoms with Gasteiger partial charge >= 0.3 is 0 Å². The number of hydrogen-bond acceptors (Lipinski definition) is 2. The first-order chi connectivity index (χ1) is 11.2. The Morgan fingerprint density at radius 2 is 1.91 bits per heavy atom. The number of pyridine rings is 1. The molecule has 2 aliphatic carbocycles. The van der Waals surface area contributed by atoms with Crippen LogP contribution in [0, 0.1) is 11.8 Å². The predicted octanol–water partition coefficient (Wildman–Crippen LogP) is 3.28. The summed E-state index contributed by atoms with van der Waals surface area (Å²) in [6.45, 7) is 4.21. The molecule has 1 N–H and O–H groups in total. The Hall–Kier alpha value is -2.16. The SMILES string of the molecule is CC(C)C(C(=O)NC1C2Cc3ccccc3C21)c1ccncc1. The molecule has 118 valence electrons. The number of nitrogens with one attached hydrogen (secondary N) is 1. The van der Waals surface area contributed by atoms with Gasteiger partial charge in [0.15, 0.2) is 0 Å². The summed E-state index contributed by atoms with van der Waals surface area (Å²) in [6, 6.07) is 12.9. The molecule has 2 aromatic rings. The third-order valence-electron chi connectivity index (χ3n) is 5.36. The minimum absolute atomic E-state index is 0.102. The summed E-state index contributed by atoms with van der Waals surface area (Å²) in [6.07, 6.45) is 4.63. The molecule has 0 bridgehead atoms. The maximum Gasteiger partial charge on any atom is 0.228 e. The van der Waals surface area contributed by atoms with Crippen molar-refractivity contribution in [2.24, 2.45) is 11.8 Å². The van der Waals surface area contributed by atoms with Gasteiger partial charge in [0.25, 0.3) is 0 Å². The number of carbonyl (C=O) groups is 1. The van der Waals surface area contributed by atoms with E-state index < -0.39 is 0 Å². The van der Waals surface area contributed by atoms with Crippen LogP contribution in [0.4, 0.5) is 0 Å². The second-order valence-electron chi connectivity index (χ2n) is 7.13. The summed E-state index contributed by atoms with van der Waals surface area (Å²) in [7, 11) is 0. The van der Waals surface area contributed by atoms with Crippen molar-refractivity contribution in [3.8, 4) is 0 Å². The zero-order valence-corrected chi connectivity index (χ0v) is 13.6. The summed E-state index contributed by atoms with van der Waals surface area (Å²) in [5.41, 5.74) is 3.95. The van der Waals surface area contributed by atoms with Crippen LogP contribution >= 0.6 is 0 Å². The maximum absolute atomic E-state index is 12.8. The van der Waals surface area contributed by atoms with Crippen molar-refractivity contribution in [2.75, 3.05) is 0 Å². The summed E-state index contributed by atoms with van der Waals surface area (Å²) in [5.74, 6) is 1.45. The van der Waals surface area contributed by atoms with E-state index in [4.69, 9.17) is 0 Å². The molecule has 4 atom stereocenters. The third kappa shape index (κ3) is 2.44. The number of amides is 1. The topological polar surface area (TPSA) is 42.0 Å². The van der Waals surface area contributed by atoms with Gasteiger partial charge < -0.3 is 5.32 Å². The quantitative estimate of drug-likeness (QED) is 0.942. The molecule has 0 saturated heterocycles. The predicted molar refractivity (Wildman–Crippen MR) is 90.1 cm³/mol. The highest BCUT2D eigenvalue weighted by atomic mass is 16.2. The van der Waals surface area contributed by atoms with E-state index >= 15 is 0 Å². The first kappa shape index (κ1) is 14.4. The van der Waals surface area contributed by atoms with Crippen molar-refractivity contribution in [1.29, 1.82) is 0 Å². The number of hydrogen-bond donors (Lipinski definition) is 1. The average molecular weight is 306 g/mol. The Bertz CT molecular complexity index is 725. The second-order valence-corrected chi connectivity index (χ2v) is 7.13. The summed E-state index contributed by atoms with van der Waals surface area (Å²) in [5, 5.41) is 3.32. The molecule has 2 aliphatic rings. The molecule has 3 nitrogen and oxygen atoms in total. The van der Waals surface area contributed by atoms with Gasteiger partial charge in [0.05, 0.1) is 5.92 Å². The Labute approximate surface area is 137 Å². The zero-order valence-electron chi connectivity index (χ0n) is 13.6. The van der Waals surface area contributed by atoms with E-state index in [1.54, 1.807) is 12.4 Å². The van der Waals surface area contributed by atoms with E-state index in [-0.39, 0.29) is 17.7 Å². The zero-order chi connectivity index (χ0) is 16.0. The van der Waals surface area contributed by atoms with Gasteiger partial charge in [-0.3, -0.25) is 9.78 Å². The van der Waals surface area contributed by atoms with Crippen molar-refractivity contribution in [1.82, 2.24) is 10.3 Å². The molecule has 1 fully saturated rings. The highest BCUT2D eigenvalue weighted by Crippen LogP contribution is 2.56. The van der Waals surface area contributed by atoms with E-state index in [2.05, 4.69) is 48.4 Å². The van der Waals surface area contributed by atoms with Crippen molar-refractivity contribution in [3.05, 3.63) is 65.5 Å². The number of nitrogens with zero attached hydrogens (tertiary/aromatic N) is 1. The maximum atomic E-state index is 12.8. The van der Waals surface area contributed by atoms with Crippen LogP contribution in [0.25, 0.3) is 0 Å². The van der Waals surface area contributed by atoms with E-state index in [1.165, 1.54) is 11.1 Å². The van der Waals surface area contributed by atoms with Gasteiger partial charge in [-0.05, 0) is 47.1 Å². The van der Waals surface area contributed by atoms with E-state index in [9.17, 15) is 4.79 Å². The molecule has 23 heavy (non-hydrogen) atoms. The standard InChI is InChI=1S/C20H22N2O/c1-12(2)17(13-7-9-21-10-8-13)20(23)22-19-16-11-14-5-3-4-6-15(14)18(16)19/h3-10,12,16-19H,11H2,1-2H3,(H,22,23). The van der Waals surface area contributed by atoms with Crippen LogP contribution < -0.4 is 5.32 Å². The third-order valence-corrected chi connectivity index (χ3v) is 5.36. The fourth-order valence-electron chi connectivity index (χ4n) is 4.21. The molecule has 0 aliphatic heterocycles. The Kier molecular flexibility index (Phi) is 3.44. The van der Waals surface area contributed by atoms with E-state index in [0.29, 0.717) is 17.9 Å². The summed E-state index contributed by atoms with van der Waals surface area (Å²) < 4.78 is 0. The highest BCUT2D eigenvalue weighted by molar-refractivity contribution is 5.84. The molecule has 0 spiro atoms. The molecule has 1 aromatic carbocycles. The van der Waals surface area contributed by atoms with Crippen LogP contribution in [-0.2, 0) is 11.2 Å². The molecule has 4 rings (SSSR count). The van der Waals surface area contributed by atoms with E-state index in [1.807, 2.05) is 12.1 Å². The van der Waals surface area contributed by atoms with Crippen LogP contribution in [-0.4, -0.2) is 16.9 Å². The van der Waals surface area contributed by atoms with Crippen LogP contribution in [0.5, 0.6) is 0 Å². The molecule has 1 amide bonds. The van der Waals surface area contributed by atoms with Crippen molar-refractivity contribution < 1.29 is 4.79 Å². The van der Waals surface area contributed by atoms with Gasteiger partial charge in [-0.15, -0.1) is 0 Å². The minimum Gasteiger partial charge on any atom is -0.352 e. The molecular formula is C20H22N2O. The molecule has 0 radical (unpaired) electrons. The van der Waals surface area contributed by atoms with Crippen LogP contribution in [0.2, 0.25) is 0 Å². The lowest BCUT2D eigenvalue weighted by Crippen LogP contribution is -2.35. The lowest BCUT2D eigenvalue weighted by atomic mass is 9.88. The van der Waals surface area contributed by atoms with Crippen LogP contribution in [0.1, 0.15) is 42.4 Å². The van der Waals surface area contributed by atoms with Crippen molar-refractivity contribution in [2.45, 2.75) is 38.1 Å². The fraction of sp³-hybridized carbons (Fsp3) is 0.400. The number of carbonyl (C=O) groups excluding carboxylic acids is 1. The largest absolute Gasteiger partial charge is 0.352 e. The monoisotopic (exact) mass is 306 g/mol. The molecule has 1 saturated carbocycles. The number of rotatable bonds is 4. The first-order valence-corrected chi connectivity index (χ1v) is 8.45. The van der Waals surface area contributed by atoms with Crippen molar-refractivity contribution in [3.63, 3.8) is 0 Å². The summed E-state index contributed by atoms with van der Waals surface area (Å²) >= 11 is 0. The van der Waals surface area contributed by atoms with Gasteiger partial charge in [0.2, 0.25) is 5.91 Å².